The molecule has 0 aliphatic heterocycles. The van der Waals surface area contributed by atoms with E-state index in [1.807, 2.05) is 29.6 Å². The standard InChI is InChI=1S/C16H10BrN5OS/c17-11-3-1-2-9(6-11)14-8-24-16(18-14)19-15(23)10-4-5-12-13(7-10)21-22-20-12/h1-8H,(H,18,19,23)(H,20,21,22). The number of nitrogens with one attached hydrogen (secondary N) is 2. The highest BCUT2D eigenvalue weighted by atomic mass is 79.9. The Bertz CT molecular complexity index is 1040. The molecule has 2 N–H and O–H groups in total. The molecule has 0 saturated carbocycles. The van der Waals surface area contributed by atoms with E-state index in [1.54, 1.807) is 18.2 Å². The predicted molar refractivity (Wildman–Crippen MR) is 97.1 cm³/mol. The van der Waals surface area contributed by atoms with Gasteiger partial charge in [0.1, 0.15) is 11.0 Å². The molecule has 24 heavy (non-hydrogen) atoms. The summed E-state index contributed by atoms with van der Waals surface area (Å²) in [5, 5.41) is 15.8. The third-order valence-electron chi connectivity index (χ3n) is 3.42. The van der Waals surface area contributed by atoms with Crippen molar-refractivity contribution in [3.63, 3.8) is 0 Å². The number of thiazole rings is 1. The van der Waals surface area contributed by atoms with Crippen molar-refractivity contribution in [2.24, 2.45) is 0 Å². The molecule has 2 aromatic carbocycles. The number of anilines is 1. The van der Waals surface area contributed by atoms with E-state index < -0.39 is 0 Å². The molecule has 1 amide bonds. The quantitative estimate of drug-likeness (QED) is 0.543. The maximum Gasteiger partial charge on any atom is 0.257 e. The van der Waals surface area contributed by atoms with E-state index in [4.69, 9.17) is 0 Å². The zero-order chi connectivity index (χ0) is 16.5. The Kier molecular flexibility index (Phi) is 3.83. The van der Waals surface area contributed by atoms with E-state index in [2.05, 4.69) is 41.6 Å². The van der Waals surface area contributed by atoms with Crippen molar-refractivity contribution in [2.45, 2.75) is 0 Å². The molecular formula is C16H10BrN5OS. The summed E-state index contributed by atoms with van der Waals surface area (Å²) in [4.78, 5) is 16.8. The first-order valence-corrected chi connectivity index (χ1v) is 8.70. The average molecular weight is 400 g/mol. The normalized spacial score (nSPS) is 10.9. The number of aromatic amines is 1. The minimum absolute atomic E-state index is 0.227. The van der Waals surface area contributed by atoms with Crippen molar-refractivity contribution in [1.82, 2.24) is 20.4 Å². The molecule has 0 radical (unpaired) electrons. The lowest BCUT2D eigenvalue weighted by Crippen LogP contribution is -2.11. The summed E-state index contributed by atoms with van der Waals surface area (Å²) in [5.41, 5.74) is 3.69. The van der Waals surface area contributed by atoms with Gasteiger partial charge in [-0.2, -0.15) is 15.4 Å². The number of aromatic nitrogens is 4. The van der Waals surface area contributed by atoms with Gasteiger partial charge in [-0.25, -0.2) is 4.98 Å². The van der Waals surface area contributed by atoms with Crippen LogP contribution in [0.1, 0.15) is 10.4 Å². The van der Waals surface area contributed by atoms with Crippen molar-refractivity contribution in [2.75, 3.05) is 5.32 Å². The van der Waals surface area contributed by atoms with E-state index in [0.717, 1.165) is 21.2 Å². The Hall–Kier alpha value is -2.58. The van der Waals surface area contributed by atoms with E-state index in [9.17, 15) is 4.79 Å². The smallest absolute Gasteiger partial charge is 0.257 e. The first kappa shape index (κ1) is 15.0. The Morgan fingerprint density at radius 2 is 2.00 bits per heavy atom. The molecule has 0 fully saturated rings. The molecule has 0 unspecified atom stereocenters. The van der Waals surface area contributed by atoms with Crippen LogP contribution in [-0.4, -0.2) is 26.3 Å². The van der Waals surface area contributed by atoms with Crippen molar-refractivity contribution < 1.29 is 4.79 Å². The highest BCUT2D eigenvalue weighted by molar-refractivity contribution is 9.10. The fourth-order valence-corrected chi connectivity index (χ4v) is 3.38. The number of rotatable bonds is 3. The number of carbonyl (C=O) groups is 1. The maximum absolute atomic E-state index is 12.4. The van der Waals surface area contributed by atoms with E-state index >= 15 is 0 Å². The van der Waals surface area contributed by atoms with Gasteiger partial charge in [0.2, 0.25) is 0 Å². The summed E-state index contributed by atoms with van der Waals surface area (Å²) in [6, 6.07) is 13.0. The number of halogens is 1. The maximum atomic E-state index is 12.4. The molecule has 0 spiro atoms. The lowest BCUT2D eigenvalue weighted by molar-refractivity contribution is 0.102. The van der Waals surface area contributed by atoms with E-state index in [-0.39, 0.29) is 5.91 Å². The molecular weight excluding hydrogens is 390 g/mol. The lowest BCUT2D eigenvalue weighted by atomic mass is 10.2. The second-order valence-electron chi connectivity index (χ2n) is 5.03. The number of benzene rings is 2. The van der Waals surface area contributed by atoms with Crippen LogP contribution in [0, 0.1) is 0 Å². The highest BCUT2D eigenvalue weighted by Gasteiger charge is 2.11. The van der Waals surface area contributed by atoms with Crippen LogP contribution < -0.4 is 5.32 Å². The van der Waals surface area contributed by atoms with Crippen molar-refractivity contribution in [3.05, 3.63) is 57.9 Å². The molecule has 0 aliphatic rings. The first-order valence-electron chi connectivity index (χ1n) is 7.02. The summed E-state index contributed by atoms with van der Waals surface area (Å²) >= 11 is 4.83. The number of hydrogen-bond acceptors (Lipinski definition) is 5. The molecule has 0 atom stereocenters. The summed E-state index contributed by atoms with van der Waals surface area (Å²) in [6.45, 7) is 0. The average Bonchev–Trinajstić information content (AvgIpc) is 3.23. The minimum atomic E-state index is -0.227. The summed E-state index contributed by atoms with van der Waals surface area (Å²) < 4.78 is 0.986. The van der Waals surface area contributed by atoms with Crippen molar-refractivity contribution in [3.8, 4) is 11.3 Å². The SMILES string of the molecule is O=C(Nc1nc(-c2cccc(Br)c2)cs1)c1ccc2n[nH]nc2c1. The van der Waals surface area contributed by atoms with Gasteiger partial charge in [-0.3, -0.25) is 10.1 Å². The van der Waals surface area contributed by atoms with Crippen molar-refractivity contribution in [1.29, 1.82) is 0 Å². The van der Waals surface area contributed by atoms with Gasteiger partial charge in [0.15, 0.2) is 5.13 Å². The van der Waals surface area contributed by atoms with Gasteiger partial charge in [-0.05, 0) is 30.3 Å². The van der Waals surface area contributed by atoms with Crippen LogP contribution in [-0.2, 0) is 0 Å². The second kappa shape index (κ2) is 6.14. The number of fused-ring (bicyclic) bond motifs is 1. The van der Waals surface area contributed by atoms with Gasteiger partial charge in [0.05, 0.1) is 5.69 Å². The third kappa shape index (κ3) is 2.93. The molecule has 118 valence electrons. The molecule has 4 aromatic rings. The molecule has 0 aliphatic carbocycles. The molecule has 2 heterocycles. The highest BCUT2D eigenvalue weighted by Crippen LogP contribution is 2.27. The predicted octanol–water partition coefficient (Wildman–Crippen LogP) is 4.10. The van der Waals surface area contributed by atoms with E-state index in [1.165, 1.54) is 11.3 Å². The van der Waals surface area contributed by atoms with Crippen LogP contribution in [0.2, 0.25) is 0 Å². The van der Waals surface area contributed by atoms with Gasteiger partial charge in [0, 0.05) is 21.0 Å². The largest absolute Gasteiger partial charge is 0.298 e. The number of hydrogen-bond donors (Lipinski definition) is 2. The van der Waals surface area contributed by atoms with Crippen LogP contribution in [0.3, 0.4) is 0 Å². The van der Waals surface area contributed by atoms with Crippen LogP contribution in [0.25, 0.3) is 22.3 Å². The van der Waals surface area contributed by atoms with Crippen molar-refractivity contribution >= 4 is 49.3 Å². The van der Waals surface area contributed by atoms with Gasteiger partial charge >= 0.3 is 0 Å². The van der Waals surface area contributed by atoms with Gasteiger partial charge in [0.25, 0.3) is 5.91 Å². The van der Waals surface area contributed by atoms with Crippen LogP contribution in [0.4, 0.5) is 5.13 Å². The number of amides is 1. The fourth-order valence-electron chi connectivity index (χ4n) is 2.26. The Morgan fingerprint density at radius 1 is 1.12 bits per heavy atom. The Labute approximate surface area is 149 Å². The molecule has 4 rings (SSSR count). The second-order valence-corrected chi connectivity index (χ2v) is 6.80. The molecule has 2 aromatic heterocycles. The number of carbonyl (C=O) groups excluding carboxylic acids is 1. The van der Waals surface area contributed by atoms with Gasteiger partial charge in [-0.15, -0.1) is 11.3 Å². The summed E-state index contributed by atoms with van der Waals surface area (Å²) in [7, 11) is 0. The first-order chi connectivity index (χ1) is 11.7. The zero-order valence-corrected chi connectivity index (χ0v) is 14.6. The fraction of sp³-hybridized carbons (Fsp3) is 0. The Morgan fingerprint density at radius 3 is 2.88 bits per heavy atom. The molecule has 0 saturated heterocycles. The minimum Gasteiger partial charge on any atom is -0.298 e. The topological polar surface area (TPSA) is 83.6 Å². The van der Waals surface area contributed by atoms with Crippen LogP contribution in [0.5, 0.6) is 0 Å². The lowest BCUT2D eigenvalue weighted by Gasteiger charge is -2.01. The zero-order valence-electron chi connectivity index (χ0n) is 12.2. The summed E-state index contributed by atoms with van der Waals surface area (Å²) in [5.74, 6) is -0.227. The Balaban J connectivity index is 1.56. The molecule has 0 bridgehead atoms. The van der Waals surface area contributed by atoms with Crippen LogP contribution in [0.15, 0.2) is 52.3 Å². The number of nitrogens with zero attached hydrogens (tertiary/aromatic N) is 3. The van der Waals surface area contributed by atoms with Crippen LogP contribution >= 0.6 is 27.3 Å². The van der Waals surface area contributed by atoms with E-state index in [0.29, 0.717) is 16.2 Å². The third-order valence-corrected chi connectivity index (χ3v) is 4.67. The summed E-state index contributed by atoms with van der Waals surface area (Å²) in [6.07, 6.45) is 0. The molecule has 8 heteroatoms. The number of H-pyrrole nitrogens is 1. The molecule has 6 nitrogen and oxygen atoms in total. The monoisotopic (exact) mass is 399 g/mol. The van der Waals surface area contributed by atoms with Gasteiger partial charge < -0.3 is 0 Å². The van der Waals surface area contributed by atoms with Gasteiger partial charge in [-0.1, -0.05) is 28.1 Å².